The average molecular weight is 460 g/mol. The highest BCUT2D eigenvalue weighted by Crippen LogP contribution is 2.43. The van der Waals surface area contributed by atoms with Gasteiger partial charge in [-0.2, -0.15) is 4.31 Å². The van der Waals surface area contributed by atoms with E-state index < -0.39 is 10.0 Å². The molecule has 2 aromatic rings. The number of aromatic nitrogens is 1. The minimum atomic E-state index is -3.71. The van der Waals surface area contributed by atoms with Crippen molar-refractivity contribution in [2.24, 2.45) is 5.92 Å². The smallest absolute Gasteiger partial charge is 0.246 e. The van der Waals surface area contributed by atoms with Gasteiger partial charge in [0.15, 0.2) is 0 Å². The van der Waals surface area contributed by atoms with E-state index in [1.165, 1.54) is 27.7 Å². The van der Waals surface area contributed by atoms with Gasteiger partial charge in [0.25, 0.3) is 0 Å². The lowest BCUT2D eigenvalue weighted by Gasteiger charge is -2.36. The number of piperidine rings is 1. The predicted octanol–water partition coefficient (Wildman–Crippen LogP) is 3.81. The summed E-state index contributed by atoms with van der Waals surface area (Å²) in [6, 6.07) is 12.0. The zero-order valence-electron chi connectivity index (χ0n) is 17.3. The van der Waals surface area contributed by atoms with Gasteiger partial charge in [0.05, 0.1) is 6.04 Å². The number of carbonyl (C=O) groups is 1. The quantitative estimate of drug-likeness (QED) is 0.637. The van der Waals surface area contributed by atoms with Crippen LogP contribution in [0.2, 0.25) is 5.15 Å². The van der Waals surface area contributed by atoms with Crippen molar-refractivity contribution in [2.45, 2.75) is 55.5 Å². The molecule has 1 aromatic carbocycles. The van der Waals surface area contributed by atoms with Crippen LogP contribution in [0.5, 0.6) is 0 Å². The summed E-state index contributed by atoms with van der Waals surface area (Å²) in [5, 5.41) is -0.0134. The predicted molar refractivity (Wildman–Crippen MR) is 118 cm³/mol. The molecule has 1 amide bonds. The zero-order valence-corrected chi connectivity index (χ0v) is 18.9. The molecule has 1 atom stereocenters. The zero-order chi connectivity index (χ0) is 21.6. The van der Waals surface area contributed by atoms with Crippen LogP contribution in [0.1, 0.15) is 49.3 Å². The number of rotatable bonds is 5. The first-order chi connectivity index (χ1) is 15.0. The van der Waals surface area contributed by atoms with E-state index in [4.69, 9.17) is 11.6 Å². The summed E-state index contributed by atoms with van der Waals surface area (Å²) in [4.78, 5) is 19.6. The van der Waals surface area contributed by atoms with Gasteiger partial charge >= 0.3 is 0 Å². The summed E-state index contributed by atoms with van der Waals surface area (Å²) in [6.45, 7) is 0.646. The number of amides is 1. The Bertz CT molecular complexity index is 1090. The van der Waals surface area contributed by atoms with Gasteiger partial charge in [-0.05, 0) is 61.8 Å². The molecule has 1 saturated heterocycles. The summed E-state index contributed by atoms with van der Waals surface area (Å²) in [6.07, 6.45) is 6.67. The molecule has 164 valence electrons. The summed E-state index contributed by atoms with van der Waals surface area (Å²) >= 11 is 6.03. The number of fused-ring (bicyclic) bond motifs is 1. The van der Waals surface area contributed by atoms with E-state index in [-0.39, 0.29) is 27.9 Å². The highest BCUT2D eigenvalue weighted by molar-refractivity contribution is 7.89. The van der Waals surface area contributed by atoms with Gasteiger partial charge in [0.1, 0.15) is 10.0 Å². The monoisotopic (exact) mass is 459 g/mol. The first kappa shape index (κ1) is 20.9. The molecular weight excluding hydrogens is 434 g/mol. The van der Waals surface area contributed by atoms with Crippen molar-refractivity contribution >= 4 is 27.5 Å². The highest BCUT2D eigenvalue weighted by Gasteiger charge is 2.43. The van der Waals surface area contributed by atoms with Crippen LogP contribution in [0.3, 0.4) is 0 Å². The van der Waals surface area contributed by atoms with Crippen LogP contribution < -0.4 is 0 Å². The Hall–Kier alpha value is -1.96. The molecule has 2 fully saturated rings. The van der Waals surface area contributed by atoms with Gasteiger partial charge < -0.3 is 4.90 Å². The summed E-state index contributed by atoms with van der Waals surface area (Å²) in [5.74, 6) is 0.0600. The Kier molecular flexibility index (Phi) is 5.52. The summed E-state index contributed by atoms with van der Waals surface area (Å²) < 4.78 is 27.4. The van der Waals surface area contributed by atoms with Gasteiger partial charge in [0, 0.05) is 31.2 Å². The number of carbonyl (C=O) groups excluding carboxylic acids is 1. The van der Waals surface area contributed by atoms with Gasteiger partial charge in [-0.1, -0.05) is 35.9 Å². The van der Waals surface area contributed by atoms with Crippen molar-refractivity contribution in [2.75, 3.05) is 13.1 Å². The minimum Gasteiger partial charge on any atom is -0.332 e. The molecule has 3 aliphatic rings. The lowest BCUT2D eigenvalue weighted by atomic mass is 9.95. The van der Waals surface area contributed by atoms with Crippen LogP contribution in [0.4, 0.5) is 0 Å². The fourth-order valence-corrected chi connectivity index (χ4v) is 6.92. The van der Waals surface area contributed by atoms with E-state index in [1.807, 2.05) is 0 Å². The first-order valence-corrected chi connectivity index (χ1v) is 12.8. The van der Waals surface area contributed by atoms with E-state index in [9.17, 15) is 13.2 Å². The van der Waals surface area contributed by atoms with E-state index in [0.29, 0.717) is 32.0 Å². The van der Waals surface area contributed by atoms with Crippen LogP contribution >= 0.6 is 11.6 Å². The van der Waals surface area contributed by atoms with Crippen LogP contribution in [0.25, 0.3) is 0 Å². The van der Waals surface area contributed by atoms with Crippen molar-refractivity contribution in [3.63, 3.8) is 0 Å². The van der Waals surface area contributed by atoms with Crippen LogP contribution in [-0.4, -0.2) is 47.6 Å². The molecule has 1 saturated carbocycles. The normalized spacial score (nSPS) is 22.3. The summed E-state index contributed by atoms with van der Waals surface area (Å²) in [5.41, 5.74) is 2.63. The molecule has 8 heteroatoms. The number of halogens is 1. The number of hydrogen-bond acceptors (Lipinski definition) is 4. The second kappa shape index (κ2) is 8.19. The molecule has 0 spiro atoms. The van der Waals surface area contributed by atoms with E-state index in [2.05, 4.69) is 34.1 Å². The van der Waals surface area contributed by atoms with Crippen molar-refractivity contribution in [1.29, 1.82) is 0 Å². The SMILES string of the molecule is O=C(C1CCN(S(=O)(=O)c2cccnc2Cl)CC1)N(C1CC1)C1CCc2ccccc21. The van der Waals surface area contributed by atoms with Crippen LogP contribution in [0, 0.1) is 5.92 Å². The Labute approximate surface area is 188 Å². The van der Waals surface area contributed by atoms with E-state index >= 15 is 0 Å². The Morgan fingerprint density at radius 2 is 1.77 bits per heavy atom. The van der Waals surface area contributed by atoms with E-state index in [1.54, 1.807) is 6.07 Å². The number of hydrogen-bond donors (Lipinski definition) is 0. The van der Waals surface area contributed by atoms with Crippen LogP contribution in [0.15, 0.2) is 47.5 Å². The topological polar surface area (TPSA) is 70.6 Å². The lowest BCUT2D eigenvalue weighted by Crippen LogP contribution is -2.46. The number of nitrogens with zero attached hydrogens (tertiary/aromatic N) is 3. The molecule has 1 aliphatic heterocycles. The fraction of sp³-hybridized carbons (Fsp3) is 0.478. The minimum absolute atomic E-state index is 0.0134. The first-order valence-electron chi connectivity index (χ1n) is 11.0. The second-order valence-corrected chi connectivity index (χ2v) is 11.0. The number of pyridine rings is 1. The second-order valence-electron chi connectivity index (χ2n) is 8.70. The third-order valence-corrected chi connectivity index (χ3v) is 9.12. The molecule has 6 nitrogen and oxygen atoms in total. The Morgan fingerprint density at radius 1 is 1.03 bits per heavy atom. The molecule has 2 aliphatic carbocycles. The van der Waals surface area contributed by atoms with Gasteiger partial charge in [-0.25, -0.2) is 13.4 Å². The third-order valence-electron chi connectivity index (χ3n) is 6.78. The molecular formula is C23H26ClN3O3S. The maximum Gasteiger partial charge on any atom is 0.246 e. The van der Waals surface area contributed by atoms with Gasteiger partial charge in [0.2, 0.25) is 15.9 Å². The summed E-state index contributed by atoms with van der Waals surface area (Å²) in [7, 11) is -3.71. The van der Waals surface area contributed by atoms with Crippen LogP contribution in [-0.2, 0) is 21.2 Å². The molecule has 0 bridgehead atoms. The molecule has 0 N–H and O–H groups in total. The maximum absolute atomic E-state index is 13.6. The maximum atomic E-state index is 13.6. The lowest BCUT2D eigenvalue weighted by molar-refractivity contribution is -0.140. The number of benzene rings is 1. The van der Waals surface area contributed by atoms with Crippen molar-refractivity contribution in [3.05, 3.63) is 58.9 Å². The molecule has 31 heavy (non-hydrogen) atoms. The van der Waals surface area contributed by atoms with Crippen molar-refractivity contribution in [3.8, 4) is 0 Å². The standard InChI is InChI=1S/C23H26ClN3O3S/c24-22-21(6-3-13-25-22)31(29,30)26-14-11-17(12-15-26)23(28)27(18-8-9-18)20-10-7-16-4-1-2-5-19(16)20/h1-6,13,17-18,20H,7-12,14-15H2. The van der Waals surface area contributed by atoms with Crippen molar-refractivity contribution < 1.29 is 13.2 Å². The molecule has 1 unspecified atom stereocenters. The third kappa shape index (κ3) is 3.88. The molecule has 2 heterocycles. The number of sulfonamides is 1. The molecule has 5 rings (SSSR count). The molecule has 1 aromatic heterocycles. The Balaban J connectivity index is 1.30. The highest BCUT2D eigenvalue weighted by atomic mass is 35.5. The number of aryl methyl sites for hydroxylation is 1. The fourth-order valence-electron chi connectivity index (χ4n) is 5.02. The molecule has 0 radical (unpaired) electrons. The average Bonchev–Trinajstić information content (AvgIpc) is 3.53. The van der Waals surface area contributed by atoms with Crippen molar-refractivity contribution in [1.82, 2.24) is 14.2 Å². The van der Waals surface area contributed by atoms with Gasteiger partial charge in [-0.15, -0.1) is 0 Å². The van der Waals surface area contributed by atoms with E-state index in [0.717, 1.165) is 25.7 Å². The largest absolute Gasteiger partial charge is 0.332 e. The Morgan fingerprint density at radius 3 is 2.48 bits per heavy atom. The van der Waals surface area contributed by atoms with Gasteiger partial charge in [-0.3, -0.25) is 4.79 Å².